The van der Waals surface area contributed by atoms with E-state index in [4.69, 9.17) is 16.9 Å². The van der Waals surface area contributed by atoms with Crippen molar-refractivity contribution >= 4 is 23.2 Å². The molecule has 28 heavy (non-hydrogen) atoms. The molecule has 1 heterocycles. The standard InChI is InChI=1S/C22H24ClN3O2/c1-22(2,28)21(27)25-11-10-19(15-25)26(14-16-6-4-3-5-7-16)18-9-8-17(13-24)20(23)12-18/h3-9,12,19,28H,10-11,14-15H2,1-2H3/t19-/m0/s1. The Hall–Kier alpha value is -2.55. The van der Waals surface area contributed by atoms with Gasteiger partial charge < -0.3 is 14.9 Å². The molecule has 0 bridgehead atoms. The van der Waals surface area contributed by atoms with Gasteiger partial charge in [0.15, 0.2) is 0 Å². The molecule has 1 aliphatic heterocycles. The number of likely N-dealkylation sites (tertiary alicyclic amines) is 1. The Morgan fingerprint density at radius 3 is 2.64 bits per heavy atom. The Kier molecular flexibility index (Phi) is 5.93. The zero-order valence-corrected chi connectivity index (χ0v) is 16.9. The van der Waals surface area contributed by atoms with E-state index in [1.54, 1.807) is 11.0 Å². The van der Waals surface area contributed by atoms with Crippen LogP contribution in [0.25, 0.3) is 0 Å². The summed E-state index contributed by atoms with van der Waals surface area (Å²) in [5, 5.41) is 19.6. The first-order valence-corrected chi connectivity index (χ1v) is 9.69. The molecule has 1 fully saturated rings. The Labute approximate surface area is 170 Å². The molecule has 3 rings (SSSR count). The molecule has 1 aliphatic rings. The van der Waals surface area contributed by atoms with Gasteiger partial charge in [-0.1, -0.05) is 41.9 Å². The molecule has 6 heteroatoms. The van der Waals surface area contributed by atoms with Crippen molar-refractivity contribution in [3.63, 3.8) is 0 Å². The fourth-order valence-electron chi connectivity index (χ4n) is 3.55. The van der Waals surface area contributed by atoms with Crippen LogP contribution in [0, 0.1) is 11.3 Å². The summed E-state index contributed by atoms with van der Waals surface area (Å²) in [5.41, 5.74) is 1.12. The zero-order valence-electron chi connectivity index (χ0n) is 16.1. The number of nitriles is 1. The van der Waals surface area contributed by atoms with Crippen LogP contribution in [0.5, 0.6) is 0 Å². The van der Waals surface area contributed by atoms with Crippen LogP contribution in [-0.4, -0.2) is 40.6 Å². The minimum absolute atomic E-state index is 0.0931. The average Bonchev–Trinajstić information content (AvgIpc) is 3.15. The maximum Gasteiger partial charge on any atom is 0.254 e. The van der Waals surface area contributed by atoms with E-state index >= 15 is 0 Å². The predicted molar refractivity (Wildman–Crippen MR) is 110 cm³/mol. The number of carbonyl (C=O) groups is 1. The fraction of sp³-hybridized carbons (Fsp3) is 0.364. The number of anilines is 1. The van der Waals surface area contributed by atoms with E-state index in [-0.39, 0.29) is 11.9 Å². The van der Waals surface area contributed by atoms with Gasteiger partial charge in [0.1, 0.15) is 11.7 Å². The highest BCUT2D eigenvalue weighted by Gasteiger charge is 2.36. The number of hydrogen-bond acceptors (Lipinski definition) is 4. The van der Waals surface area contributed by atoms with Crippen LogP contribution >= 0.6 is 11.6 Å². The number of halogens is 1. The molecule has 1 saturated heterocycles. The predicted octanol–water partition coefficient (Wildman–Crippen LogP) is 3.59. The molecule has 2 aromatic carbocycles. The molecule has 0 radical (unpaired) electrons. The Morgan fingerprint density at radius 2 is 2.04 bits per heavy atom. The first-order chi connectivity index (χ1) is 13.3. The van der Waals surface area contributed by atoms with E-state index in [1.807, 2.05) is 30.3 Å². The maximum absolute atomic E-state index is 12.5. The van der Waals surface area contributed by atoms with E-state index in [1.165, 1.54) is 13.8 Å². The molecular formula is C22H24ClN3O2. The fourth-order valence-corrected chi connectivity index (χ4v) is 3.77. The van der Waals surface area contributed by atoms with Crippen molar-refractivity contribution in [2.45, 2.75) is 38.5 Å². The lowest BCUT2D eigenvalue weighted by Gasteiger charge is -2.32. The highest BCUT2D eigenvalue weighted by atomic mass is 35.5. The normalized spacial score (nSPS) is 16.7. The highest BCUT2D eigenvalue weighted by molar-refractivity contribution is 6.32. The Balaban J connectivity index is 1.88. The first-order valence-electron chi connectivity index (χ1n) is 9.31. The zero-order chi connectivity index (χ0) is 20.3. The largest absolute Gasteiger partial charge is 0.381 e. The number of carbonyl (C=O) groups excluding carboxylic acids is 1. The number of hydrogen-bond donors (Lipinski definition) is 1. The van der Waals surface area contributed by atoms with Gasteiger partial charge in [0.25, 0.3) is 5.91 Å². The number of benzene rings is 2. The van der Waals surface area contributed by atoms with E-state index < -0.39 is 5.60 Å². The van der Waals surface area contributed by atoms with Crippen molar-refractivity contribution in [1.82, 2.24) is 4.90 Å². The molecule has 0 aromatic heterocycles. The molecule has 0 saturated carbocycles. The number of amides is 1. The second-order valence-corrected chi connectivity index (χ2v) is 8.05. The van der Waals surface area contributed by atoms with Gasteiger partial charge >= 0.3 is 0 Å². The van der Waals surface area contributed by atoms with Crippen LogP contribution in [0.1, 0.15) is 31.4 Å². The number of nitrogens with zero attached hydrogens (tertiary/aromatic N) is 3. The van der Waals surface area contributed by atoms with Crippen molar-refractivity contribution in [2.24, 2.45) is 0 Å². The van der Waals surface area contributed by atoms with Gasteiger partial charge in [-0.3, -0.25) is 4.79 Å². The molecule has 2 aromatic rings. The minimum Gasteiger partial charge on any atom is -0.381 e. The third-order valence-electron chi connectivity index (χ3n) is 5.02. The number of rotatable bonds is 5. The van der Waals surface area contributed by atoms with Crippen molar-refractivity contribution < 1.29 is 9.90 Å². The lowest BCUT2D eigenvalue weighted by atomic mass is 10.1. The molecule has 1 N–H and O–H groups in total. The van der Waals surface area contributed by atoms with Gasteiger partial charge in [0.05, 0.1) is 10.6 Å². The number of aliphatic hydroxyl groups is 1. The Morgan fingerprint density at radius 1 is 1.32 bits per heavy atom. The summed E-state index contributed by atoms with van der Waals surface area (Å²) in [7, 11) is 0. The summed E-state index contributed by atoms with van der Waals surface area (Å²) in [5.74, 6) is -0.257. The van der Waals surface area contributed by atoms with Gasteiger partial charge in [0, 0.05) is 31.4 Å². The van der Waals surface area contributed by atoms with E-state index in [0.717, 1.165) is 17.7 Å². The molecule has 5 nitrogen and oxygen atoms in total. The van der Waals surface area contributed by atoms with Crippen LogP contribution in [0.15, 0.2) is 48.5 Å². The van der Waals surface area contributed by atoms with Gasteiger partial charge in [-0.2, -0.15) is 5.26 Å². The monoisotopic (exact) mass is 397 g/mol. The minimum atomic E-state index is -1.38. The van der Waals surface area contributed by atoms with Crippen molar-refractivity contribution in [3.8, 4) is 6.07 Å². The lowest BCUT2D eigenvalue weighted by molar-refractivity contribution is -0.146. The second-order valence-electron chi connectivity index (χ2n) is 7.64. The van der Waals surface area contributed by atoms with Gasteiger partial charge in [0.2, 0.25) is 0 Å². The van der Waals surface area contributed by atoms with E-state index in [2.05, 4.69) is 23.1 Å². The maximum atomic E-state index is 12.5. The molecule has 146 valence electrons. The SMILES string of the molecule is CC(C)(O)C(=O)N1CC[C@H](N(Cc2ccccc2)c2ccc(C#N)c(Cl)c2)C1. The van der Waals surface area contributed by atoms with Crippen LogP contribution in [0.3, 0.4) is 0 Å². The quantitative estimate of drug-likeness (QED) is 0.837. The van der Waals surface area contributed by atoms with Crippen LogP contribution in [0.2, 0.25) is 5.02 Å². The summed E-state index contributed by atoms with van der Waals surface area (Å²) in [6.45, 7) is 4.84. The van der Waals surface area contributed by atoms with Crippen molar-refractivity contribution in [2.75, 3.05) is 18.0 Å². The summed E-state index contributed by atoms with van der Waals surface area (Å²) < 4.78 is 0. The molecule has 1 amide bonds. The van der Waals surface area contributed by atoms with Crippen LogP contribution in [-0.2, 0) is 11.3 Å². The lowest BCUT2D eigenvalue weighted by Crippen LogP contribution is -2.46. The van der Waals surface area contributed by atoms with Gasteiger partial charge in [-0.15, -0.1) is 0 Å². The third kappa shape index (κ3) is 4.46. The molecular weight excluding hydrogens is 374 g/mol. The average molecular weight is 398 g/mol. The summed E-state index contributed by atoms with van der Waals surface area (Å²) in [6.07, 6.45) is 0.798. The van der Waals surface area contributed by atoms with Gasteiger partial charge in [-0.25, -0.2) is 0 Å². The van der Waals surface area contributed by atoms with E-state index in [0.29, 0.717) is 30.2 Å². The van der Waals surface area contributed by atoms with Gasteiger partial charge in [-0.05, 0) is 44.0 Å². The van der Waals surface area contributed by atoms with Crippen LogP contribution in [0.4, 0.5) is 5.69 Å². The topological polar surface area (TPSA) is 67.6 Å². The summed E-state index contributed by atoms with van der Waals surface area (Å²) in [4.78, 5) is 16.4. The van der Waals surface area contributed by atoms with Crippen LogP contribution < -0.4 is 4.90 Å². The summed E-state index contributed by atoms with van der Waals surface area (Å²) >= 11 is 6.28. The molecule has 1 atom stereocenters. The van der Waals surface area contributed by atoms with E-state index in [9.17, 15) is 9.90 Å². The first kappa shape index (κ1) is 20.2. The highest BCUT2D eigenvalue weighted by Crippen LogP contribution is 2.30. The second kappa shape index (κ2) is 8.22. The third-order valence-corrected chi connectivity index (χ3v) is 5.33. The smallest absolute Gasteiger partial charge is 0.254 e. The summed E-state index contributed by atoms with van der Waals surface area (Å²) in [6, 6.07) is 17.7. The molecule has 0 aliphatic carbocycles. The van der Waals surface area contributed by atoms with Crippen molar-refractivity contribution in [1.29, 1.82) is 5.26 Å². The molecule has 0 spiro atoms. The van der Waals surface area contributed by atoms with Crippen molar-refractivity contribution in [3.05, 3.63) is 64.7 Å². The Bertz CT molecular complexity index is 887. The molecule has 0 unspecified atom stereocenters.